The van der Waals surface area contributed by atoms with Crippen LogP contribution in [0.2, 0.25) is 5.02 Å². The van der Waals surface area contributed by atoms with Crippen molar-refractivity contribution in [2.45, 2.75) is 0 Å². The molecule has 6 nitrogen and oxygen atoms in total. The van der Waals surface area contributed by atoms with E-state index in [1.165, 1.54) is 18.2 Å². The number of carboxylic acid groups (broad SMARTS) is 1. The van der Waals surface area contributed by atoms with E-state index in [9.17, 15) is 4.79 Å². The number of hydrazone groups is 1. The molecule has 0 bridgehead atoms. The lowest BCUT2D eigenvalue weighted by atomic mass is 10.1. The maximum absolute atomic E-state index is 10.3. The van der Waals surface area contributed by atoms with Crippen molar-refractivity contribution >= 4 is 40.7 Å². The van der Waals surface area contributed by atoms with Crippen LogP contribution in [0.3, 0.4) is 0 Å². The molecule has 3 rings (SSSR count). The second kappa shape index (κ2) is 8.73. The zero-order chi connectivity index (χ0) is 19.1. The fourth-order valence-electron chi connectivity index (χ4n) is 2.27. The largest absolute Gasteiger partial charge is 0.506 e. The highest BCUT2D eigenvalue weighted by Crippen LogP contribution is 2.31. The molecule has 0 aliphatic rings. The summed E-state index contributed by atoms with van der Waals surface area (Å²) in [6.45, 7) is 3.41. The van der Waals surface area contributed by atoms with Gasteiger partial charge in [-0.05, 0) is 30.3 Å². The van der Waals surface area contributed by atoms with E-state index in [2.05, 4.69) is 17.2 Å². The Kier molecular flexibility index (Phi) is 6.41. The Morgan fingerprint density at radius 2 is 1.85 bits per heavy atom. The van der Waals surface area contributed by atoms with Crippen molar-refractivity contribution in [3.05, 3.63) is 65.2 Å². The van der Waals surface area contributed by atoms with E-state index in [0.29, 0.717) is 0 Å². The maximum atomic E-state index is 10.3. The van der Waals surface area contributed by atoms with Crippen LogP contribution < -0.4 is 10.2 Å². The predicted molar refractivity (Wildman–Crippen MR) is 104 cm³/mol. The maximum Gasteiger partial charge on any atom is 0.335 e. The third-order valence-corrected chi connectivity index (χ3v) is 3.80. The van der Waals surface area contributed by atoms with Gasteiger partial charge in [0, 0.05) is 17.5 Å². The average Bonchev–Trinajstić information content (AvgIpc) is 2.65. The number of phenols is 1. The van der Waals surface area contributed by atoms with E-state index >= 15 is 0 Å². The number of carboxylic acids is 1. The van der Waals surface area contributed by atoms with Crippen molar-refractivity contribution in [1.29, 1.82) is 0 Å². The minimum atomic E-state index is -1.06. The summed E-state index contributed by atoms with van der Waals surface area (Å²) in [5, 5.41) is 23.2. The number of hydrogen-bond acceptors (Lipinski definition) is 5. The summed E-state index contributed by atoms with van der Waals surface area (Å²) in [5.74, 6) is -0.316. The standard InChI is InChI=1S/C12H12N2O.C7H5ClO3/c1-13-14-11-7-8-12(15-2)10-6-4-3-5-9(10)11;8-5-3-4(7(10)11)1-2-6(5)9/h3-8,14H,1H2,2H3;1-3,9H,(H,10,11). The molecule has 0 fully saturated rings. The van der Waals surface area contributed by atoms with E-state index in [4.69, 9.17) is 26.6 Å². The van der Waals surface area contributed by atoms with Crippen molar-refractivity contribution in [2.24, 2.45) is 5.10 Å². The molecule has 0 saturated heterocycles. The Labute approximate surface area is 155 Å². The molecule has 3 aromatic rings. The smallest absolute Gasteiger partial charge is 0.335 e. The van der Waals surface area contributed by atoms with Crippen LogP contribution in [0.25, 0.3) is 10.8 Å². The Morgan fingerprint density at radius 1 is 1.15 bits per heavy atom. The number of anilines is 1. The molecule has 0 aliphatic carbocycles. The molecular weight excluding hydrogens is 356 g/mol. The number of fused-ring (bicyclic) bond motifs is 1. The average molecular weight is 373 g/mol. The third kappa shape index (κ3) is 4.43. The summed E-state index contributed by atoms with van der Waals surface area (Å²) in [7, 11) is 1.67. The lowest BCUT2D eigenvalue weighted by molar-refractivity contribution is 0.0697. The number of carbonyl (C=O) groups is 1. The number of aromatic carboxylic acids is 1. The van der Waals surface area contributed by atoms with E-state index in [1.54, 1.807) is 7.11 Å². The van der Waals surface area contributed by atoms with Gasteiger partial charge in [-0.1, -0.05) is 35.9 Å². The number of rotatable bonds is 4. The van der Waals surface area contributed by atoms with Crippen molar-refractivity contribution in [3.63, 3.8) is 0 Å². The number of methoxy groups -OCH3 is 1. The van der Waals surface area contributed by atoms with Gasteiger partial charge in [0.15, 0.2) is 0 Å². The lowest BCUT2D eigenvalue weighted by Gasteiger charge is -2.09. The second-order valence-electron chi connectivity index (χ2n) is 5.10. The van der Waals surface area contributed by atoms with Gasteiger partial charge >= 0.3 is 5.97 Å². The summed E-state index contributed by atoms with van der Waals surface area (Å²) in [5.41, 5.74) is 3.85. The molecule has 3 aromatic carbocycles. The topological polar surface area (TPSA) is 91.2 Å². The Morgan fingerprint density at radius 3 is 2.42 bits per heavy atom. The molecule has 0 heterocycles. The molecule has 7 heteroatoms. The predicted octanol–water partition coefficient (Wildman–Crippen LogP) is 4.62. The molecule has 0 amide bonds. The highest BCUT2D eigenvalue weighted by Gasteiger charge is 2.05. The van der Waals surface area contributed by atoms with Gasteiger partial charge in [-0.2, -0.15) is 5.10 Å². The molecule has 0 aromatic heterocycles. The quantitative estimate of drug-likeness (QED) is 0.459. The van der Waals surface area contributed by atoms with Gasteiger partial charge in [-0.15, -0.1) is 0 Å². The second-order valence-corrected chi connectivity index (χ2v) is 5.51. The zero-order valence-corrected chi connectivity index (χ0v) is 14.7. The van der Waals surface area contributed by atoms with Gasteiger partial charge in [0.05, 0.1) is 23.4 Å². The first-order valence-electron chi connectivity index (χ1n) is 7.47. The Bertz CT molecular complexity index is 944. The van der Waals surface area contributed by atoms with Gasteiger partial charge in [0.1, 0.15) is 11.5 Å². The number of ether oxygens (including phenoxy) is 1. The normalized spacial score (nSPS) is 9.77. The Balaban J connectivity index is 0.000000197. The molecule has 0 saturated carbocycles. The summed E-state index contributed by atoms with van der Waals surface area (Å²) in [4.78, 5) is 10.3. The molecule has 134 valence electrons. The number of benzene rings is 3. The van der Waals surface area contributed by atoms with E-state index in [1.807, 2.05) is 36.4 Å². The number of nitrogens with zero attached hydrogens (tertiary/aromatic N) is 1. The number of nitrogens with one attached hydrogen (secondary N) is 1. The molecule has 0 atom stereocenters. The van der Waals surface area contributed by atoms with Crippen LogP contribution in [-0.4, -0.2) is 30.0 Å². The molecule has 26 heavy (non-hydrogen) atoms. The van der Waals surface area contributed by atoms with Crippen molar-refractivity contribution in [1.82, 2.24) is 0 Å². The lowest BCUT2D eigenvalue weighted by Crippen LogP contribution is -1.94. The summed E-state index contributed by atoms with van der Waals surface area (Å²) in [6.07, 6.45) is 0. The van der Waals surface area contributed by atoms with Crippen LogP contribution in [0, 0.1) is 0 Å². The van der Waals surface area contributed by atoms with Gasteiger partial charge in [0.25, 0.3) is 0 Å². The summed E-state index contributed by atoms with van der Waals surface area (Å²) < 4.78 is 5.29. The van der Waals surface area contributed by atoms with Crippen LogP contribution in [0.15, 0.2) is 59.7 Å². The van der Waals surface area contributed by atoms with Gasteiger partial charge in [-0.25, -0.2) is 4.79 Å². The molecule has 0 unspecified atom stereocenters. The Hall–Kier alpha value is -3.25. The van der Waals surface area contributed by atoms with E-state index in [0.717, 1.165) is 22.2 Å². The summed E-state index contributed by atoms with van der Waals surface area (Å²) >= 11 is 5.44. The van der Waals surface area contributed by atoms with E-state index in [-0.39, 0.29) is 16.3 Å². The fourth-order valence-corrected chi connectivity index (χ4v) is 2.45. The number of halogens is 1. The highest BCUT2D eigenvalue weighted by atomic mass is 35.5. The minimum Gasteiger partial charge on any atom is -0.506 e. The van der Waals surface area contributed by atoms with Gasteiger partial charge in [0.2, 0.25) is 0 Å². The SMILES string of the molecule is C=NNc1ccc(OC)c2ccccc12.O=C(O)c1ccc(O)c(Cl)c1. The molecular formula is C19H17ClN2O4. The molecule has 0 aliphatic heterocycles. The molecule has 0 spiro atoms. The first-order valence-corrected chi connectivity index (χ1v) is 7.85. The van der Waals surface area contributed by atoms with Crippen LogP contribution in [0.5, 0.6) is 11.5 Å². The highest BCUT2D eigenvalue weighted by molar-refractivity contribution is 6.32. The number of aromatic hydroxyl groups is 1. The van der Waals surface area contributed by atoms with Gasteiger partial charge in [-0.3, -0.25) is 5.43 Å². The summed E-state index contributed by atoms with van der Waals surface area (Å²) in [6, 6.07) is 15.6. The van der Waals surface area contributed by atoms with Crippen LogP contribution in [0.1, 0.15) is 10.4 Å². The van der Waals surface area contributed by atoms with Crippen molar-refractivity contribution < 1.29 is 19.7 Å². The monoisotopic (exact) mass is 372 g/mol. The molecule has 0 radical (unpaired) electrons. The third-order valence-electron chi connectivity index (χ3n) is 3.50. The number of hydrogen-bond donors (Lipinski definition) is 3. The first kappa shape index (κ1) is 19.1. The number of phenolic OH excluding ortho intramolecular Hbond substituents is 1. The van der Waals surface area contributed by atoms with Gasteiger partial charge < -0.3 is 14.9 Å². The minimum absolute atomic E-state index is 0.0462. The van der Waals surface area contributed by atoms with Crippen LogP contribution >= 0.6 is 11.6 Å². The first-order chi connectivity index (χ1) is 12.5. The van der Waals surface area contributed by atoms with Crippen molar-refractivity contribution in [3.8, 4) is 11.5 Å². The zero-order valence-electron chi connectivity index (χ0n) is 13.9. The van der Waals surface area contributed by atoms with E-state index < -0.39 is 5.97 Å². The fraction of sp³-hybridized carbons (Fsp3) is 0.0526. The van der Waals surface area contributed by atoms with Crippen molar-refractivity contribution in [2.75, 3.05) is 12.5 Å². The molecule has 3 N–H and O–H groups in total. The van der Waals surface area contributed by atoms with Crippen LogP contribution in [-0.2, 0) is 0 Å². The van der Waals surface area contributed by atoms with Crippen LogP contribution in [0.4, 0.5) is 5.69 Å².